The molecule has 1 unspecified atom stereocenters. The number of hydrogen-bond acceptors (Lipinski definition) is 4. The van der Waals surface area contributed by atoms with Gasteiger partial charge in [-0.2, -0.15) is 0 Å². The van der Waals surface area contributed by atoms with Crippen molar-refractivity contribution in [3.8, 4) is 0 Å². The Morgan fingerprint density at radius 2 is 2.00 bits per heavy atom. The first-order valence-electron chi connectivity index (χ1n) is 6.52. The lowest BCUT2D eigenvalue weighted by Crippen LogP contribution is -2.27. The molecule has 1 rings (SSSR count). The summed E-state index contributed by atoms with van der Waals surface area (Å²) in [5.74, 6) is -0.171. The standard InChI is InChI=1S/C14H23FN2O2S/c1-10-8-14(17(4)6-7-20(5,18)19)12(9-13(10)15)11(2)16-3/h8-9,11,16H,6-7H2,1-5H3. The van der Waals surface area contributed by atoms with Crippen molar-refractivity contribution in [2.24, 2.45) is 0 Å². The number of halogens is 1. The van der Waals surface area contributed by atoms with Crippen LogP contribution < -0.4 is 10.2 Å². The number of benzene rings is 1. The molecule has 1 atom stereocenters. The summed E-state index contributed by atoms with van der Waals surface area (Å²) >= 11 is 0. The summed E-state index contributed by atoms with van der Waals surface area (Å²) in [5, 5.41) is 3.08. The summed E-state index contributed by atoms with van der Waals surface area (Å²) in [7, 11) is 0.616. The predicted octanol–water partition coefficient (Wildman–Crippen LogP) is 1.90. The van der Waals surface area contributed by atoms with Crippen LogP contribution >= 0.6 is 0 Å². The molecule has 0 aliphatic rings. The molecular weight excluding hydrogens is 279 g/mol. The molecular formula is C14H23FN2O2S. The summed E-state index contributed by atoms with van der Waals surface area (Å²) in [4.78, 5) is 1.86. The summed E-state index contributed by atoms with van der Waals surface area (Å²) in [6.07, 6.45) is 1.22. The van der Waals surface area contributed by atoms with E-state index in [0.29, 0.717) is 12.1 Å². The van der Waals surface area contributed by atoms with Gasteiger partial charge in [0.15, 0.2) is 0 Å². The summed E-state index contributed by atoms with van der Waals surface area (Å²) in [6.45, 7) is 4.03. The van der Waals surface area contributed by atoms with E-state index < -0.39 is 9.84 Å². The first-order valence-corrected chi connectivity index (χ1v) is 8.58. The maximum absolute atomic E-state index is 13.8. The number of hydrogen-bond donors (Lipinski definition) is 1. The molecule has 0 amide bonds. The van der Waals surface area contributed by atoms with Crippen LogP contribution in [-0.4, -0.2) is 41.1 Å². The molecule has 1 N–H and O–H groups in total. The normalized spacial score (nSPS) is 13.3. The van der Waals surface area contributed by atoms with E-state index in [9.17, 15) is 12.8 Å². The van der Waals surface area contributed by atoms with E-state index in [1.165, 1.54) is 12.3 Å². The number of nitrogens with one attached hydrogen (secondary N) is 1. The highest BCUT2D eigenvalue weighted by Gasteiger charge is 2.16. The van der Waals surface area contributed by atoms with E-state index in [4.69, 9.17) is 0 Å². The number of sulfone groups is 1. The van der Waals surface area contributed by atoms with Gasteiger partial charge in [-0.1, -0.05) is 0 Å². The average molecular weight is 302 g/mol. The summed E-state index contributed by atoms with van der Waals surface area (Å²) in [6, 6.07) is 3.27. The zero-order valence-electron chi connectivity index (χ0n) is 12.7. The average Bonchev–Trinajstić information content (AvgIpc) is 2.36. The van der Waals surface area contributed by atoms with Crippen molar-refractivity contribution in [2.75, 3.05) is 37.5 Å². The zero-order chi connectivity index (χ0) is 15.5. The van der Waals surface area contributed by atoms with Crippen LogP contribution in [-0.2, 0) is 9.84 Å². The van der Waals surface area contributed by atoms with Crippen molar-refractivity contribution in [1.29, 1.82) is 0 Å². The molecule has 0 spiro atoms. The predicted molar refractivity (Wildman–Crippen MR) is 81.6 cm³/mol. The fourth-order valence-electron chi connectivity index (χ4n) is 1.94. The quantitative estimate of drug-likeness (QED) is 0.872. The maximum Gasteiger partial charge on any atom is 0.149 e. The van der Waals surface area contributed by atoms with E-state index in [1.54, 1.807) is 13.0 Å². The molecule has 0 heterocycles. The van der Waals surface area contributed by atoms with Crippen molar-refractivity contribution in [3.63, 3.8) is 0 Å². The van der Waals surface area contributed by atoms with Crippen molar-refractivity contribution < 1.29 is 12.8 Å². The highest BCUT2D eigenvalue weighted by molar-refractivity contribution is 7.90. The smallest absolute Gasteiger partial charge is 0.149 e. The van der Waals surface area contributed by atoms with Gasteiger partial charge < -0.3 is 10.2 Å². The molecule has 0 fully saturated rings. The van der Waals surface area contributed by atoms with E-state index in [1.807, 2.05) is 25.9 Å². The molecule has 0 aliphatic heterocycles. The number of nitrogens with zero attached hydrogens (tertiary/aromatic N) is 1. The second kappa shape index (κ2) is 6.54. The van der Waals surface area contributed by atoms with Crippen molar-refractivity contribution in [3.05, 3.63) is 29.1 Å². The molecule has 6 heteroatoms. The van der Waals surface area contributed by atoms with Crippen LogP contribution in [0.4, 0.5) is 10.1 Å². The second-order valence-electron chi connectivity index (χ2n) is 5.22. The van der Waals surface area contributed by atoms with Crippen LogP contribution in [0.15, 0.2) is 12.1 Å². The SMILES string of the molecule is CNC(C)c1cc(F)c(C)cc1N(C)CCS(C)(=O)=O. The van der Waals surface area contributed by atoms with Crippen LogP contribution in [0.1, 0.15) is 24.1 Å². The highest BCUT2D eigenvalue weighted by Crippen LogP contribution is 2.28. The van der Waals surface area contributed by atoms with Gasteiger partial charge in [0.1, 0.15) is 15.7 Å². The first-order chi connectivity index (χ1) is 9.15. The molecule has 0 radical (unpaired) electrons. The maximum atomic E-state index is 13.8. The molecule has 20 heavy (non-hydrogen) atoms. The number of aryl methyl sites for hydroxylation is 1. The Morgan fingerprint density at radius 1 is 1.40 bits per heavy atom. The monoisotopic (exact) mass is 302 g/mol. The Morgan fingerprint density at radius 3 is 2.50 bits per heavy atom. The molecule has 0 aromatic heterocycles. The third-order valence-electron chi connectivity index (χ3n) is 3.42. The Bertz CT molecular complexity index is 573. The molecule has 0 saturated carbocycles. The Labute approximate surface area is 120 Å². The number of anilines is 1. The van der Waals surface area contributed by atoms with E-state index in [0.717, 1.165) is 11.3 Å². The van der Waals surface area contributed by atoms with Gasteiger partial charge in [-0.3, -0.25) is 0 Å². The minimum atomic E-state index is -3.02. The summed E-state index contributed by atoms with van der Waals surface area (Å²) < 4.78 is 36.3. The highest BCUT2D eigenvalue weighted by atomic mass is 32.2. The zero-order valence-corrected chi connectivity index (χ0v) is 13.5. The van der Waals surface area contributed by atoms with Crippen LogP contribution in [0.5, 0.6) is 0 Å². The fourth-order valence-corrected chi connectivity index (χ4v) is 2.54. The topological polar surface area (TPSA) is 49.4 Å². The minimum Gasteiger partial charge on any atom is -0.373 e. The van der Waals surface area contributed by atoms with Crippen molar-refractivity contribution >= 4 is 15.5 Å². The third-order valence-corrected chi connectivity index (χ3v) is 4.34. The van der Waals surface area contributed by atoms with Crippen molar-refractivity contribution in [2.45, 2.75) is 19.9 Å². The molecule has 0 aliphatic carbocycles. The van der Waals surface area contributed by atoms with Crippen LogP contribution in [0.25, 0.3) is 0 Å². The minimum absolute atomic E-state index is 0.0132. The Hall–Kier alpha value is -1.14. The van der Waals surface area contributed by atoms with E-state index in [-0.39, 0.29) is 17.6 Å². The molecule has 114 valence electrons. The van der Waals surface area contributed by atoms with Crippen LogP contribution in [0.2, 0.25) is 0 Å². The van der Waals surface area contributed by atoms with E-state index in [2.05, 4.69) is 5.32 Å². The largest absolute Gasteiger partial charge is 0.373 e. The van der Waals surface area contributed by atoms with Crippen LogP contribution in [0.3, 0.4) is 0 Å². The van der Waals surface area contributed by atoms with Gasteiger partial charge in [0.05, 0.1) is 5.75 Å². The van der Waals surface area contributed by atoms with Gasteiger partial charge in [0, 0.05) is 31.6 Å². The van der Waals surface area contributed by atoms with E-state index >= 15 is 0 Å². The lowest BCUT2D eigenvalue weighted by atomic mass is 10.0. The van der Waals surface area contributed by atoms with Crippen LogP contribution in [0, 0.1) is 12.7 Å². The molecule has 0 saturated heterocycles. The molecule has 4 nitrogen and oxygen atoms in total. The number of rotatable bonds is 6. The van der Waals surface area contributed by atoms with Gasteiger partial charge in [-0.15, -0.1) is 0 Å². The van der Waals surface area contributed by atoms with Gasteiger partial charge in [-0.05, 0) is 44.2 Å². The van der Waals surface area contributed by atoms with Gasteiger partial charge in [-0.25, -0.2) is 12.8 Å². The van der Waals surface area contributed by atoms with Gasteiger partial charge >= 0.3 is 0 Å². The Balaban J connectivity index is 3.11. The third kappa shape index (κ3) is 4.45. The lowest BCUT2D eigenvalue weighted by Gasteiger charge is -2.25. The van der Waals surface area contributed by atoms with Gasteiger partial charge in [0.2, 0.25) is 0 Å². The van der Waals surface area contributed by atoms with Gasteiger partial charge in [0.25, 0.3) is 0 Å². The molecule has 0 bridgehead atoms. The molecule has 1 aromatic rings. The molecule has 1 aromatic carbocycles. The second-order valence-corrected chi connectivity index (χ2v) is 7.48. The fraction of sp³-hybridized carbons (Fsp3) is 0.571. The lowest BCUT2D eigenvalue weighted by molar-refractivity contribution is 0.597. The van der Waals surface area contributed by atoms with Crippen molar-refractivity contribution in [1.82, 2.24) is 5.32 Å². The first kappa shape index (κ1) is 16.9. The summed E-state index contributed by atoms with van der Waals surface area (Å²) in [5.41, 5.74) is 2.24. The Kier molecular flexibility index (Phi) is 5.53.